The van der Waals surface area contributed by atoms with Gasteiger partial charge in [-0.25, -0.2) is 0 Å². The van der Waals surface area contributed by atoms with Gasteiger partial charge in [0.25, 0.3) is 5.91 Å². The molecule has 1 aromatic rings. The summed E-state index contributed by atoms with van der Waals surface area (Å²) in [6.07, 6.45) is 1.84. The van der Waals surface area contributed by atoms with Crippen molar-refractivity contribution < 1.29 is 14.7 Å². The van der Waals surface area contributed by atoms with Crippen molar-refractivity contribution in [3.05, 3.63) is 11.1 Å². The zero-order valence-electron chi connectivity index (χ0n) is 9.20. The maximum absolute atomic E-state index is 12.0. The van der Waals surface area contributed by atoms with Crippen LogP contribution in [-0.4, -0.2) is 44.6 Å². The number of piperidine rings is 1. The van der Waals surface area contributed by atoms with Crippen LogP contribution in [-0.2, 0) is 4.79 Å². The first kappa shape index (κ1) is 12.0. The maximum atomic E-state index is 12.0. The van der Waals surface area contributed by atoms with Gasteiger partial charge in [-0.05, 0) is 30.3 Å². The number of likely N-dealkylation sites (tertiary alicyclic amines) is 1. The predicted octanol–water partition coefficient (Wildman–Crippen LogP) is 0.865. The molecule has 1 aromatic heterocycles. The third-order valence-electron chi connectivity index (χ3n) is 2.85. The fourth-order valence-electron chi connectivity index (χ4n) is 2.08. The van der Waals surface area contributed by atoms with Crippen molar-refractivity contribution in [3.63, 3.8) is 0 Å². The Kier molecular flexibility index (Phi) is 3.68. The summed E-state index contributed by atoms with van der Waals surface area (Å²) in [6.45, 7) is 1.18. The van der Waals surface area contributed by atoms with Gasteiger partial charge >= 0.3 is 5.97 Å². The Morgan fingerprint density at radius 3 is 3.06 bits per heavy atom. The average Bonchev–Trinajstić information content (AvgIpc) is 2.81. The molecule has 6 nitrogen and oxygen atoms in total. The molecule has 1 aliphatic heterocycles. The van der Waals surface area contributed by atoms with Crippen molar-refractivity contribution in [2.24, 2.45) is 5.92 Å². The van der Waals surface area contributed by atoms with E-state index in [4.69, 9.17) is 5.11 Å². The molecule has 17 heavy (non-hydrogen) atoms. The molecule has 1 saturated heterocycles. The van der Waals surface area contributed by atoms with Crippen LogP contribution in [0.15, 0.2) is 5.38 Å². The highest BCUT2D eigenvalue weighted by Gasteiger charge is 2.26. The smallest absolute Gasteiger partial charge is 0.303 e. The third kappa shape index (κ3) is 3.00. The number of carbonyl (C=O) groups excluding carboxylic acids is 1. The second-order valence-corrected chi connectivity index (χ2v) is 4.76. The van der Waals surface area contributed by atoms with Gasteiger partial charge in [-0.2, -0.15) is 0 Å². The fraction of sp³-hybridized carbons (Fsp3) is 0.600. The molecule has 1 N–H and O–H groups in total. The van der Waals surface area contributed by atoms with Crippen LogP contribution in [0.4, 0.5) is 0 Å². The zero-order chi connectivity index (χ0) is 12.3. The molecule has 0 saturated carbocycles. The van der Waals surface area contributed by atoms with Crippen molar-refractivity contribution in [2.45, 2.75) is 19.3 Å². The molecule has 1 atom stereocenters. The predicted molar refractivity (Wildman–Crippen MR) is 60.8 cm³/mol. The first-order valence-electron chi connectivity index (χ1n) is 5.45. The van der Waals surface area contributed by atoms with Crippen LogP contribution in [0.3, 0.4) is 0 Å². The monoisotopic (exact) mass is 255 g/mol. The van der Waals surface area contributed by atoms with Gasteiger partial charge in [0.2, 0.25) is 0 Å². The Bertz CT molecular complexity index is 407. The Labute approximate surface area is 102 Å². The second-order valence-electron chi connectivity index (χ2n) is 4.15. The number of hydrogen-bond donors (Lipinski definition) is 1. The van der Waals surface area contributed by atoms with Crippen LogP contribution < -0.4 is 0 Å². The van der Waals surface area contributed by atoms with Gasteiger partial charge in [-0.1, -0.05) is 4.49 Å². The molecule has 1 aliphatic rings. The van der Waals surface area contributed by atoms with E-state index in [9.17, 15) is 9.59 Å². The molecule has 1 amide bonds. The number of aromatic nitrogens is 2. The minimum absolute atomic E-state index is 0.0526. The molecule has 0 aromatic carbocycles. The molecule has 0 bridgehead atoms. The van der Waals surface area contributed by atoms with Gasteiger partial charge in [0.1, 0.15) is 0 Å². The van der Waals surface area contributed by atoms with Gasteiger partial charge in [-0.15, -0.1) is 5.10 Å². The number of carboxylic acid groups (broad SMARTS) is 1. The molecule has 7 heteroatoms. The van der Waals surface area contributed by atoms with E-state index in [1.165, 1.54) is 0 Å². The van der Waals surface area contributed by atoms with Gasteiger partial charge in [0.05, 0.1) is 0 Å². The highest BCUT2D eigenvalue weighted by atomic mass is 32.1. The van der Waals surface area contributed by atoms with Crippen LogP contribution in [0.2, 0.25) is 0 Å². The minimum atomic E-state index is -0.806. The van der Waals surface area contributed by atoms with Crippen LogP contribution in [0.1, 0.15) is 29.8 Å². The number of carbonyl (C=O) groups is 2. The highest BCUT2D eigenvalue weighted by molar-refractivity contribution is 7.03. The molecule has 0 radical (unpaired) electrons. The van der Waals surface area contributed by atoms with E-state index >= 15 is 0 Å². The molecule has 0 aliphatic carbocycles. The van der Waals surface area contributed by atoms with Crippen LogP contribution in [0.5, 0.6) is 0 Å². The van der Waals surface area contributed by atoms with E-state index in [1.54, 1.807) is 10.3 Å². The summed E-state index contributed by atoms with van der Waals surface area (Å²) < 4.78 is 3.66. The zero-order valence-corrected chi connectivity index (χ0v) is 10.0. The first-order chi connectivity index (χ1) is 8.16. The summed E-state index contributed by atoms with van der Waals surface area (Å²) >= 11 is 1.14. The molecular formula is C10H13N3O3S. The largest absolute Gasteiger partial charge is 0.481 e. The molecular weight excluding hydrogens is 242 g/mol. The summed E-state index contributed by atoms with van der Waals surface area (Å²) in [5.41, 5.74) is 0.353. The van der Waals surface area contributed by atoms with E-state index in [-0.39, 0.29) is 18.2 Å². The van der Waals surface area contributed by atoms with Gasteiger partial charge in [-0.3, -0.25) is 9.59 Å². The van der Waals surface area contributed by atoms with Crippen LogP contribution in [0.25, 0.3) is 0 Å². The Morgan fingerprint density at radius 2 is 2.41 bits per heavy atom. The molecule has 2 rings (SSSR count). The van der Waals surface area contributed by atoms with Gasteiger partial charge in [0.15, 0.2) is 5.69 Å². The van der Waals surface area contributed by atoms with Crippen molar-refractivity contribution in [2.75, 3.05) is 13.1 Å². The number of hydrogen-bond acceptors (Lipinski definition) is 5. The number of rotatable bonds is 3. The number of nitrogens with zero attached hydrogens (tertiary/aromatic N) is 3. The van der Waals surface area contributed by atoms with E-state index < -0.39 is 5.97 Å². The summed E-state index contributed by atoms with van der Waals surface area (Å²) in [4.78, 5) is 24.3. The second kappa shape index (κ2) is 5.22. The summed E-state index contributed by atoms with van der Waals surface area (Å²) in [5.74, 6) is -0.898. The maximum Gasteiger partial charge on any atom is 0.303 e. The molecule has 1 unspecified atom stereocenters. The minimum Gasteiger partial charge on any atom is -0.481 e. The topological polar surface area (TPSA) is 83.4 Å². The number of amides is 1. The standard InChI is InChI=1S/C10H13N3O3S/c14-9(15)4-7-2-1-3-13(5-7)10(16)8-6-17-12-11-8/h6-7H,1-5H2,(H,14,15). The lowest BCUT2D eigenvalue weighted by atomic mass is 9.95. The normalized spacial score (nSPS) is 20.2. The lowest BCUT2D eigenvalue weighted by Crippen LogP contribution is -2.40. The quantitative estimate of drug-likeness (QED) is 0.866. The van der Waals surface area contributed by atoms with Crippen molar-refractivity contribution >= 4 is 23.4 Å². The van der Waals surface area contributed by atoms with E-state index in [1.807, 2.05) is 0 Å². The number of carboxylic acids is 1. The summed E-state index contributed by atoms with van der Waals surface area (Å²) in [7, 11) is 0. The van der Waals surface area contributed by atoms with E-state index in [2.05, 4.69) is 9.59 Å². The van der Waals surface area contributed by atoms with Crippen molar-refractivity contribution in [1.29, 1.82) is 0 Å². The van der Waals surface area contributed by atoms with Crippen molar-refractivity contribution in [1.82, 2.24) is 14.5 Å². The first-order valence-corrected chi connectivity index (χ1v) is 6.28. The van der Waals surface area contributed by atoms with Crippen LogP contribution >= 0.6 is 11.5 Å². The molecule has 0 spiro atoms. The van der Waals surface area contributed by atoms with Gasteiger partial charge < -0.3 is 10.0 Å². The molecule has 92 valence electrons. The molecule has 1 fully saturated rings. The van der Waals surface area contributed by atoms with Crippen molar-refractivity contribution in [3.8, 4) is 0 Å². The van der Waals surface area contributed by atoms with Gasteiger partial charge in [0, 0.05) is 24.9 Å². The average molecular weight is 255 g/mol. The van der Waals surface area contributed by atoms with Crippen LogP contribution in [0, 0.1) is 5.92 Å². The highest BCUT2D eigenvalue weighted by Crippen LogP contribution is 2.20. The molecule has 2 heterocycles. The van der Waals surface area contributed by atoms with E-state index in [0.29, 0.717) is 18.8 Å². The fourth-order valence-corrected chi connectivity index (χ4v) is 2.51. The summed E-state index contributed by atoms with van der Waals surface area (Å²) in [6, 6.07) is 0. The SMILES string of the molecule is O=C(O)CC1CCCN(C(=O)c2csnn2)C1. The Balaban J connectivity index is 1.97. The Morgan fingerprint density at radius 1 is 1.59 bits per heavy atom. The Hall–Kier alpha value is -1.50. The lowest BCUT2D eigenvalue weighted by molar-refractivity contribution is -0.138. The summed E-state index contributed by atoms with van der Waals surface area (Å²) in [5, 5.41) is 14.1. The third-order valence-corrected chi connectivity index (χ3v) is 3.35. The lowest BCUT2D eigenvalue weighted by Gasteiger charge is -2.31. The van der Waals surface area contributed by atoms with E-state index in [0.717, 1.165) is 24.4 Å². The number of aliphatic carboxylic acids is 1.